The van der Waals surface area contributed by atoms with Gasteiger partial charge in [0.05, 0.1) is 6.54 Å². The van der Waals surface area contributed by atoms with Crippen LogP contribution in [0, 0.1) is 13.8 Å². The summed E-state index contributed by atoms with van der Waals surface area (Å²) < 4.78 is 0. The van der Waals surface area contributed by atoms with Crippen LogP contribution in [0.25, 0.3) is 0 Å². The van der Waals surface area contributed by atoms with Crippen molar-refractivity contribution in [1.29, 1.82) is 0 Å². The highest BCUT2D eigenvalue weighted by Crippen LogP contribution is 2.20. The van der Waals surface area contributed by atoms with E-state index >= 15 is 0 Å². The Morgan fingerprint density at radius 2 is 1.78 bits per heavy atom. The smallest absolute Gasteiger partial charge is 0.251 e. The topological polar surface area (TPSA) is 52.7 Å². The van der Waals surface area contributed by atoms with Crippen molar-refractivity contribution in [2.75, 3.05) is 37.6 Å². The molecular formula is C21H24ClN3O2. The zero-order valence-electron chi connectivity index (χ0n) is 15.7. The van der Waals surface area contributed by atoms with E-state index in [0.717, 1.165) is 29.9 Å². The standard InChI is InChI=1S/C21H24ClN3O2/c1-15-6-7-16(2)19(12-15)21(27)23-14-20(26)25-10-8-24(9-11-25)18-5-3-4-17(22)13-18/h3-7,12-13H,8-11,14H2,1-2H3,(H,23,27). The fourth-order valence-electron chi connectivity index (χ4n) is 3.23. The number of amides is 2. The molecule has 1 aliphatic heterocycles. The summed E-state index contributed by atoms with van der Waals surface area (Å²) in [7, 11) is 0. The molecule has 6 heteroatoms. The average Bonchev–Trinajstić information content (AvgIpc) is 2.68. The minimum absolute atomic E-state index is 0.0172. The molecule has 0 radical (unpaired) electrons. The predicted molar refractivity (Wildman–Crippen MR) is 108 cm³/mol. The third-order valence-corrected chi connectivity index (χ3v) is 5.08. The number of rotatable bonds is 4. The van der Waals surface area contributed by atoms with Crippen LogP contribution in [0.3, 0.4) is 0 Å². The van der Waals surface area contributed by atoms with Gasteiger partial charge in [-0.25, -0.2) is 0 Å². The maximum Gasteiger partial charge on any atom is 0.251 e. The average molecular weight is 386 g/mol. The van der Waals surface area contributed by atoms with Crippen molar-refractivity contribution < 1.29 is 9.59 Å². The molecule has 5 nitrogen and oxygen atoms in total. The highest BCUT2D eigenvalue weighted by atomic mass is 35.5. The molecule has 142 valence electrons. The van der Waals surface area contributed by atoms with Crippen molar-refractivity contribution in [3.8, 4) is 0 Å². The number of anilines is 1. The zero-order valence-corrected chi connectivity index (χ0v) is 16.4. The van der Waals surface area contributed by atoms with Crippen molar-refractivity contribution in [3.05, 3.63) is 64.2 Å². The molecular weight excluding hydrogens is 362 g/mol. The first-order valence-corrected chi connectivity index (χ1v) is 9.45. The van der Waals surface area contributed by atoms with Crippen LogP contribution in [0.1, 0.15) is 21.5 Å². The van der Waals surface area contributed by atoms with Gasteiger partial charge in [0.1, 0.15) is 0 Å². The van der Waals surface area contributed by atoms with Crippen LogP contribution >= 0.6 is 11.6 Å². The molecule has 3 rings (SSSR count). The number of hydrogen-bond donors (Lipinski definition) is 1. The minimum atomic E-state index is -0.206. The van der Waals surface area contributed by atoms with Crippen molar-refractivity contribution in [2.45, 2.75) is 13.8 Å². The molecule has 1 saturated heterocycles. The van der Waals surface area contributed by atoms with Crippen molar-refractivity contribution >= 4 is 29.1 Å². The highest BCUT2D eigenvalue weighted by molar-refractivity contribution is 6.30. The molecule has 0 aromatic heterocycles. The number of nitrogens with zero attached hydrogens (tertiary/aromatic N) is 2. The van der Waals surface area contributed by atoms with Gasteiger partial charge in [0.15, 0.2) is 0 Å². The van der Waals surface area contributed by atoms with Crippen LogP contribution in [0.4, 0.5) is 5.69 Å². The number of nitrogens with one attached hydrogen (secondary N) is 1. The molecule has 1 fully saturated rings. The lowest BCUT2D eigenvalue weighted by Crippen LogP contribution is -2.51. The number of carbonyl (C=O) groups is 2. The molecule has 0 bridgehead atoms. The summed E-state index contributed by atoms with van der Waals surface area (Å²) in [5, 5.41) is 3.46. The second-order valence-electron chi connectivity index (χ2n) is 6.85. The number of hydrogen-bond acceptors (Lipinski definition) is 3. The highest BCUT2D eigenvalue weighted by Gasteiger charge is 2.22. The van der Waals surface area contributed by atoms with Gasteiger partial charge in [0.2, 0.25) is 5.91 Å². The van der Waals surface area contributed by atoms with Gasteiger partial charge >= 0.3 is 0 Å². The fourth-order valence-corrected chi connectivity index (χ4v) is 3.41. The molecule has 2 aromatic carbocycles. The molecule has 1 heterocycles. The van der Waals surface area contributed by atoms with Crippen molar-refractivity contribution in [3.63, 3.8) is 0 Å². The Morgan fingerprint density at radius 3 is 2.48 bits per heavy atom. The van der Waals surface area contributed by atoms with E-state index in [0.29, 0.717) is 23.7 Å². The Kier molecular flexibility index (Phi) is 6.01. The summed E-state index contributed by atoms with van der Waals surface area (Å²) >= 11 is 6.05. The van der Waals surface area contributed by atoms with Crippen molar-refractivity contribution in [2.24, 2.45) is 0 Å². The Morgan fingerprint density at radius 1 is 1.04 bits per heavy atom. The fraction of sp³-hybridized carbons (Fsp3) is 0.333. The molecule has 1 aliphatic rings. The van der Waals surface area contributed by atoms with Crippen molar-refractivity contribution in [1.82, 2.24) is 10.2 Å². The van der Waals surface area contributed by atoms with Crippen LogP contribution in [-0.4, -0.2) is 49.4 Å². The van der Waals surface area contributed by atoms with Gasteiger partial charge < -0.3 is 15.1 Å². The molecule has 0 aliphatic carbocycles. The first-order valence-electron chi connectivity index (χ1n) is 9.08. The molecule has 1 N–H and O–H groups in total. The lowest BCUT2D eigenvalue weighted by atomic mass is 10.1. The van der Waals surface area contributed by atoms with E-state index in [9.17, 15) is 9.59 Å². The van der Waals surface area contributed by atoms with Crippen LogP contribution < -0.4 is 10.2 Å². The normalized spacial score (nSPS) is 14.2. The summed E-state index contributed by atoms with van der Waals surface area (Å²) in [5.41, 5.74) is 3.61. The summed E-state index contributed by atoms with van der Waals surface area (Å²) in [5.74, 6) is -0.262. The minimum Gasteiger partial charge on any atom is -0.368 e. The maximum absolute atomic E-state index is 12.5. The molecule has 0 atom stereocenters. The van der Waals surface area contributed by atoms with E-state index < -0.39 is 0 Å². The monoisotopic (exact) mass is 385 g/mol. The zero-order chi connectivity index (χ0) is 19.4. The van der Waals surface area contributed by atoms with E-state index in [2.05, 4.69) is 10.2 Å². The maximum atomic E-state index is 12.5. The molecule has 0 unspecified atom stereocenters. The van der Waals surface area contributed by atoms with Crippen LogP contribution in [0.2, 0.25) is 5.02 Å². The van der Waals surface area contributed by atoms with Crippen LogP contribution in [0.15, 0.2) is 42.5 Å². The SMILES string of the molecule is Cc1ccc(C)c(C(=O)NCC(=O)N2CCN(c3cccc(Cl)c3)CC2)c1. The molecule has 27 heavy (non-hydrogen) atoms. The second-order valence-corrected chi connectivity index (χ2v) is 7.29. The van der Waals surface area contributed by atoms with Gasteiger partial charge in [-0.05, 0) is 43.7 Å². The van der Waals surface area contributed by atoms with E-state index in [1.165, 1.54) is 0 Å². The third kappa shape index (κ3) is 4.80. The van der Waals surface area contributed by atoms with Gasteiger partial charge in [-0.3, -0.25) is 9.59 Å². The summed E-state index contributed by atoms with van der Waals surface area (Å²) in [6, 6.07) is 13.5. The third-order valence-electron chi connectivity index (χ3n) is 4.84. The molecule has 2 amide bonds. The largest absolute Gasteiger partial charge is 0.368 e. The number of halogens is 1. The Labute approximate surface area is 164 Å². The first-order chi connectivity index (χ1) is 12.9. The lowest BCUT2D eigenvalue weighted by molar-refractivity contribution is -0.130. The van der Waals surface area contributed by atoms with E-state index in [1.807, 2.05) is 56.3 Å². The van der Waals surface area contributed by atoms with Gasteiger partial charge in [-0.2, -0.15) is 0 Å². The summed E-state index contributed by atoms with van der Waals surface area (Å²) in [6.45, 7) is 6.61. The molecule has 0 spiro atoms. The predicted octanol–water partition coefficient (Wildman–Crippen LogP) is 3.04. The lowest BCUT2D eigenvalue weighted by Gasteiger charge is -2.36. The van der Waals surface area contributed by atoms with Gasteiger partial charge in [-0.1, -0.05) is 35.4 Å². The van der Waals surface area contributed by atoms with Crippen LogP contribution in [0.5, 0.6) is 0 Å². The van der Waals surface area contributed by atoms with E-state index in [-0.39, 0.29) is 18.4 Å². The quantitative estimate of drug-likeness (QED) is 0.880. The second kappa shape index (κ2) is 8.44. The summed E-state index contributed by atoms with van der Waals surface area (Å²) in [6.07, 6.45) is 0. The van der Waals surface area contributed by atoms with E-state index in [1.54, 1.807) is 4.90 Å². The number of aryl methyl sites for hydroxylation is 2. The van der Waals surface area contributed by atoms with Gasteiger partial charge in [-0.15, -0.1) is 0 Å². The first kappa shape index (κ1) is 19.2. The Balaban J connectivity index is 1.51. The number of carbonyl (C=O) groups excluding carboxylic acids is 2. The van der Waals surface area contributed by atoms with E-state index in [4.69, 9.17) is 11.6 Å². The molecule has 0 saturated carbocycles. The Bertz CT molecular complexity index is 845. The number of benzene rings is 2. The molecule has 2 aromatic rings. The Hall–Kier alpha value is -2.53. The van der Waals surface area contributed by atoms with Gasteiger partial charge in [0.25, 0.3) is 5.91 Å². The van der Waals surface area contributed by atoms with Crippen LogP contribution in [-0.2, 0) is 4.79 Å². The van der Waals surface area contributed by atoms with Gasteiger partial charge in [0, 0.05) is 42.5 Å². The number of piperazine rings is 1. The summed E-state index contributed by atoms with van der Waals surface area (Å²) in [4.78, 5) is 28.8.